The number of aliphatic carboxylic acids is 1. The number of methoxy groups -OCH3 is 2. The summed E-state index contributed by atoms with van der Waals surface area (Å²) in [6.07, 6.45) is 1.82. The van der Waals surface area contributed by atoms with Gasteiger partial charge in [0.05, 0.1) is 33.2 Å². The molecule has 0 bridgehead atoms. The van der Waals surface area contributed by atoms with Crippen LogP contribution in [0.25, 0.3) is 0 Å². The van der Waals surface area contributed by atoms with Gasteiger partial charge in [0, 0.05) is 18.7 Å². The average Bonchev–Trinajstić information content (AvgIpc) is 3.09. The number of ether oxygens (including phenoxy) is 2. The van der Waals surface area contributed by atoms with Gasteiger partial charge in [0.1, 0.15) is 11.5 Å². The number of carbonyl (C=O) groups excluding carboxylic acids is 1. The van der Waals surface area contributed by atoms with E-state index in [9.17, 15) is 9.59 Å². The molecular formula is C18H26N2O5. The summed E-state index contributed by atoms with van der Waals surface area (Å²) in [7, 11) is 4.99. The first kappa shape index (κ1) is 19.1. The molecular weight excluding hydrogens is 324 g/mol. The molecule has 2 rings (SSSR count). The van der Waals surface area contributed by atoms with E-state index in [1.165, 1.54) is 0 Å². The Morgan fingerprint density at radius 2 is 2.08 bits per heavy atom. The Balaban J connectivity index is 2.11. The molecule has 1 amide bonds. The van der Waals surface area contributed by atoms with Gasteiger partial charge >= 0.3 is 5.97 Å². The average molecular weight is 350 g/mol. The zero-order valence-electron chi connectivity index (χ0n) is 15.0. The quantitative estimate of drug-likeness (QED) is 0.770. The number of likely N-dealkylation sites (N-methyl/N-ethyl adjacent to an activating group) is 1. The monoisotopic (exact) mass is 350 g/mol. The van der Waals surface area contributed by atoms with E-state index in [4.69, 9.17) is 14.6 Å². The van der Waals surface area contributed by atoms with Crippen LogP contribution in [0.1, 0.15) is 30.9 Å². The molecule has 1 N–H and O–H groups in total. The zero-order chi connectivity index (χ0) is 18.4. The molecule has 0 spiro atoms. The van der Waals surface area contributed by atoms with Crippen molar-refractivity contribution in [3.8, 4) is 11.5 Å². The summed E-state index contributed by atoms with van der Waals surface area (Å²) >= 11 is 0. The number of carboxylic acids is 1. The third kappa shape index (κ3) is 4.85. The molecule has 0 aromatic heterocycles. The Kier molecular flexibility index (Phi) is 6.64. The van der Waals surface area contributed by atoms with Gasteiger partial charge in [-0.1, -0.05) is 0 Å². The van der Waals surface area contributed by atoms with Crippen LogP contribution in [0.2, 0.25) is 0 Å². The first-order chi connectivity index (χ1) is 12.0. The molecule has 0 radical (unpaired) electrons. The minimum atomic E-state index is -0.862. The van der Waals surface area contributed by atoms with Crippen molar-refractivity contribution in [2.75, 3.05) is 40.9 Å². The molecule has 25 heavy (non-hydrogen) atoms. The van der Waals surface area contributed by atoms with E-state index in [-0.39, 0.29) is 24.9 Å². The summed E-state index contributed by atoms with van der Waals surface area (Å²) in [4.78, 5) is 27.0. The van der Waals surface area contributed by atoms with Crippen molar-refractivity contribution in [3.63, 3.8) is 0 Å². The molecule has 1 atom stereocenters. The van der Waals surface area contributed by atoms with E-state index in [0.29, 0.717) is 13.1 Å². The minimum Gasteiger partial charge on any atom is -0.497 e. The van der Waals surface area contributed by atoms with Crippen LogP contribution in [0.5, 0.6) is 11.5 Å². The number of hydrogen-bond donors (Lipinski definition) is 1. The lowest BCUT2D eigenvalue weighted by Crippen LogP contribution is -2.39. The molecule has 0 aliphatic carbocycles. The fourth-order valence-corrected chi connectivity index (χ4v) is 3.18. The van der Waals surface area contributed by atoms with Crippen LogP contribution in [-0.2, 0) is 9.59 Å². The SMILES string of the molecule is COc1ccc(OC)c(C2CCCN2C(=O)CN(C)CCC(=O)O)c1. The van der Waals surface area contributed by atoms with Gasteiger partial charge < -0.3 is 19.5 Å². The highest BCUT2D eigenvalue weighted by molar-refractivity contribution is 5.79. The molecule has 0 saturated carbocycles. The summed E-state index contributed by atoms with van der Waals surface area (Å²) in [5, 5.41) is 8.76. The number of rotatable bonds is 8. The summed E-state index contributed by atoms with van der Waals surface area (Å²) in [5.41, 5.74) is 0.945. The van der Waals surface area contributed by atoms with Crippen LogP contribution in [0, 0.1) is 0 Å². The number of hydrogen-bond acceptors (Lipinski definition) is 5. The smallest absolute Gasteiger partial charge is 0.304 e. The van der Waals surface area contributed by atoms with Crippen LogP contribution in [0.3, 0.4) is 0 Å². The fourth-order valence-electron chi connectivity index (χ4n) is 3.18. The van der Waals surface area contributed by atoms with E-state index in [0.717, 1.165) is 29.9 Å². The van der Waals surface area contributed by atoms with Crippen LogP contribution in [-0.4, -0.2) is 67.7 Å². The molecule has 7 heteroatoms. The first-order valence-corrected chi connectivity index (χ1v) is 8.38. The van der Waals surface area contributed by atoms with E-state index in [2.05, 4.69) is 0 Å². The molecule has 1 aliphatic heterocycles. The number of carbonyl (C=O) groups is 2. The third-order valence-electron chi connectivity index (χ3n) is 4.48. The molecule has 1 aromatic rings. The second-order valence-corrected chi connectivity index (χ2v) is 6.23. The van der Waals surface area contributed by atoms with Crippen molar-refractivity contribution >= 4 is 11.9 Å². The van der Waals surface area contributed by atoms with Gasteiger partial charge in [-0.05, 0) is 38.1 Å². The van der Waals surface area contributed by atoms with Gasteiger partial charge in [-0.15, -0.1) is 0 Å². The normalized spacial score (nSPS) is 17.0. The van der Waals surface area contributed by atoms with Crippen molar-refractivity contribution in [3.05, 3.63) is 23.8 Å². The van der Waals surface area contributed by atoms with Crippen molar-refractivity contribution in [2.45, 2.75) is 25.3 Å². The molecule has 7 nitrogen and oxygen atoms in total. The number of carboxylic acid groups (broad SMARTS) is 1. The lowest BCUT2D eigenvalue weighted by atomic mass is 10.0. The molecule has 1 unspecified atom stereocenters. The number of likely N-dealkylation sites (tertiary alicyclic amines) is 1. The van der Waals surface area contributed by atoms with Gasteiger partial charge in [-0.25, -0.2) is 0 Å². The summed E-state index contributed by atoms with van der Waals surface area (Å²) < 4.78 is 10.8. The first-order valence-electron chi connectivity index (χ1n) is 8.38. The summed E-state index contributed by atoms with van der Waals surface area (Å²) in [6.45, 7) is 1.24. The van der Waals surface area contributed by atoms with E-state index in [1.807, 2.05) is 23.1 Å². The predicted molar refractivity (Wildman–Crippen MR) is 93.0 cm³/mol. The van der Waals surface area contributed by atoms with Gasteiger partial charge in [0.15, 0.2) is 0 Å². The maximum Gasteiger partial charge on any atom is 0.304 e. The predicted octanol–water partition coefficient (Wildman–Crippen LogP) is 1.77. The van der Waals surface area contributed by atoms with Crippen molar-refractivity contribution in [1.29, 1.82) is 0 Å². The van der Waals surface area contributed by atoms with Gasteiger partial charge in [-0.2, -0.15) is 0 Å². The van der Waals surface area contributed by atoms with E-state index in [1.54, 1.807) is 26.2 Å². The Labute approximate surface area is 148 Å². The van der Waals surface area contributed by atoms with Crippen LogP contribution in [0.4, 0.5) is 0 Å². The lowest BCUT2D eigenvalue weighted by Gasteiger charge is -2.28. The molecule has 138 valence electrons. The minimum absolute atomic E-state index is 0.000242. The highest BCUT2D eigenvalue weighted by atomic mass is 16.5. The Hall–Kier alpha value is -2.28. The summed E-state index contributed by atoms with van der Waals surface area (Å²) in [6, 6.07) is 5.56. The van der Waals surface area contributed by atoms with Gasteiger partial charge in [-0.3, -0.25) is 14.5 Å². The van der Waals surface area contributed by atoms with E-state index < -0.39 is 5.97 Å². The topological polar surface area (TPSA) is 79.3 Å². The second-order valence-electron chi connectivity index (χ2n) is 6.23. The number of nitrogens with zero attached hydrogens (tertiary/aromatic N) is 2. The molecule has 1 saturated heterocycles. The van der Waals surface area contributed by atoms with Gasteiger partial charge in [0.2, 0.25) is 5.91 Å². The maximum atomic E-state index is 12.7. The van der Waals surface area contributed by atoms with E-state index >= 15 is 0 Å². The van der Waals surface area contributed by atoms with Gasteiger partial charge in [0.25, 0.3) is 0 Å². The highest BCUT2D eigenvalue weighted by Gasteiger charge is 2.32. The van der Waals surface area contributed by atoms with Crippen molar-refractivity contribution in [2.24, 2.45) is 0 Å². The van der Waals surface area contributed by atoms with Crippen LogP contribution < -0.4 is 9.47 Å². The maximum absolute atomic E-state index is 12.7. The third-order valence-corrected chi connectivity index (χ3v) is 4.48. The Morgan fingerprint density at radius 1 is 1.32 bits per heavy atom. The molecule has 1 heterocycles. The van der Waals surface area contributed by atoms with Crippen molar-refractivity contribution < 1.29 is 24.2 Å². The molecule has 1 aliphatic rings. The fraction of sp³-hybridized carbons (Fsp3) is 0.556. The van der Waals surface area contributed by atoms with Crippen molar-refractivity contribution in [1.82, 2.24) is 9.80 Å². The zero-order valence-corrected chi connectivity index (χ0v) is 15.0. The van der Waals surface area contributed by atoms with Crippen LogP contribution >= 0.6 is 0 Å². The number of benzene rings is 1. The largest absolute Gasteiger partial charge is 0.497 e. The van der Waals surface area contributed by atoms with Crippen LogP contribution in [0.15, 0.2) is 18.2 Å². The Morgan fingerprint density at radius 3 is 2.72 bits per heavy atom. The highest BCUT2D eigenvalue weighted by Crippen LogP contribution is 2.38. The molecule has 1 aromatic carbocycles. The lowest BCUT2D eigenvalue weighted by molar-refractivity contribution is -0.138. The standard InChI is InChI=1S/C18H26N2O5/c1-19(10-8-18(22)23)12-17(21)20-9-4-5-15(20)14-11-13(24-2)6-7-16(14)25-3/h6-7,11,15H,4-5,8-10,12H2,1-3H3,(H,22,23). The number of amides is 1. The second kappa shape index (κ2) is 8.71. The Bertz CT molecular complexity index is 619. The summed E-state index contributed by atoms with van der Waals surface area (Å²) in [5.74, 6) is 0.609. The molecule has 1 fully saturated rings.